The first-order valence-electron chi connectivity index (χ1n) is 8.44. The third kappa shape index (κ3) is 5.48. The van der Waals surface area contributed by atoms with Crippen molar-refractivity contribution in [2.45, 2.75) is 39.9 Å². The Kier molecular flexibility index (Phi) is 8.99. The maximum absolute atomic E-state index is 13.6. The van der Waals surface area contributed by atoms with Gasteiger partial charge in [0.25, 0.3) is 0 Å². The van der Waals surface area contributed by atoms with Crippen molar-refractivity contribution in [3.8, 4) is 0 Å². The molecule has 7 nitrogen and oxygen atoms in total. The molecule has 0 aliphatic carbocycles. The highest BCUT2D eigenvalue weighted by molar-refractivity contribution is 7.57. The molecule has 144 valence electrons. The van der Waals surface area contributed by atoms with Gasteiger partial charge in [0.1, 0.15) is 0 Å². The number of hydrogen-bond donors (Lipinski definition) is 1. The summed E-state index contributed by atoms with van der Waals surface area (Å²) in [5.74, 6) is 0. The molecule has 0 fully saturated rings. The standard InChI is InChI=1S/C16H29NO6P2/c1-6-20-24(18,21-7-2)16(5,15-13-11-10-12-14-15)17-25(19,22-8-3)23-9-4/h10-14H,6-9H2,1-5H3,(H,17,19)/t16-/m1/s1. The minimum Gasteiger partial charge on any atom is -0.307 e. The van der Waals surface area contributed by atoms with Crippen LogP contribution in [0.5, 0.6) is 0 Å². The van der Waals surface area contributed by atoms with Gasteiger partial charge in [-0.05, 0) is 40.2 Å². The van der Waals surface area contributed by atoms with Gasteiger partial charge >= 0.3 is 15.3 Å². The van der Waals surface area contributed by atoms with Crippen LogP contribution in [0.25, 0.3) is 0 Å². The fourth-order valence-corrected chi connectivity index (χ4v) is 6.53. The van der Waals surface area contributed by atoms with E-state index in [1.54, 1.807) is 58.9 Å². The lowest BCUT2D eigenvalue weighted by Gasteiger charge is -2.38. The van der Waals surface area contributed by atoms with Gasteiger partial charge in [-0.2, -0.15) is 0 Å². The van der Waals surface area contributed by atoms with Crippen molar-refractivity contribution in [2.75, 3.05) is 26.4 Å². The third-order valence-electron chi connectivity index (χ3n) is 3.43. The predicted molar refractivity (Wildman–Crippen MR) is 98.6 cm³/mol. The zero-order chi connectivity index (χ0) is 19.0. The van der Waals surface area contributed by atoms with Crippen molar-refractivity contribution >= 4 is 15.3 Å². The van der Waals surface area contributed by atoms with Crippen molar-refractivity contribution in [2.24, 2.45) is 0 Å². The van der Waals surface area contributed by atoms with Crippen molar-refractivity contribution in [3.63, 3.8) is 0 Å². The Balaban J connectivity index is 3.47. The van der Waals surface area contributed by atoms with Crippen molar-refractivity contribution in [1.29, 1.82) is 0 Å². The van der Waals surface area contributed by atoms with E-state index in [0.29, 0.717) is 5.56 Å². The molecule has 1 atom stereocenters. The lowest BCUT2D eigenvalue weighted by molar-refractivity contribution is 0.176. The second-order valence-electron chi connectivity index (χ2n) is 5.22. The molecule has 0 saturated heterocycles. The molecule has 0 aliphatic rings. The van der Waals surface area contributed by atoms with E-state index in [1.165, 1.54) is 0 Å². The van der Waals surface area contributed by atoms with Crippen LogP contribution in [-0.2, 0) is 32.5 Å². The quantitative estimate of drug-likeness (QED) is 0.506. The molecule has 1 N–H and O–H groups in total. The van der Waals surface area contributed by atoms with Crippen molar-refractivity contribution < 1.29 is 27.2 Å². The molecule has 0 aliphatic heterocycles. The molecular weight excluding hydrogens is 364 g/mol. The Morgan fingerprint density at radius 2 is 1.28 bits per heavy atom. The smallest absolute Gasteiger partial charge is 0.307 e. The Hall–Kier alpha value is -0.520. The zero-order valence-corrected chi connectivity index (χ0v) is 17.3. The van der Waals surface area contributed by atoms with Crippen LogP contribution in [0.3, 0.4) is 0 Å². The molecule has 1 aromatic carbocycles. The second-order valence-corrected chi connectivity index (χ2v) is 9.36. The number of rotatable bonds is 12. The molecule has 0 unspecified atom stereocenters. The summed E-state index contributed by atoms with van der Waals surface area (Å²) >= 11 is 0. The van der Waals surface area contributed by atoms with Crippen LogP contribution in [0, 0.1) is 0 Å². The maximum Gasteiger partial charge on any atom is 0.406 e. The lowest BCUT2D eigenvalue weighted by Crippen LogP contribution is -2.39. The molecule has 0 amide bonds. The third-order valence-corrected chi connectivity index (χ3v) is 8.19. The number of nitrogens with one attached hydrogen (secondary N) is 1. The monoisotopic (exact) mass is 393 g/mol. The molecule has 9 heteroatoms. The minimum absolute atomic E-state index is 0.169. The van der Waals surface area contributed by atoms with Crippen LogP contribution in [0.4, 0.5) is 0 Å². The molecule has 25 heavy (non-hydrogen) atoms. The molecule has 1 rings (SSSR count). The van der Waals surface area contributed by atoms with Crippen LogP contribution in [0.15, 0.2) is 30.3 Å². The van der Waals surface area contributed by atoms with E-state index >= 15 is 0 Å². The van der Waals surface area contributed by atoms with E-state index in [4.69, 9.17) is 18.1 Å². The lowest BCUT2D eigenvalue weighted by atomic mass is 10.1. The van der Waals surface area contributed by atoms with Gasteiger partial charge in [-0.15, -0.1) is 0 Å². The van der Waals surface area contributed by atoms with E-state index in [-0.39, 0.29) is 26.4 Å². The van der Waals surface area contributed by atoms with E-state index in [2.05, 4.69) is 5.09 Å². The van der Waals surface area contributed by atoms with Crippen molar-refractivity contribution in [3.05, 3.63) is 35.9 Å². The van der Waals surface area contributed by atoms with Gasteiger partial charge in [-0.1, -0.05) is 30.3 Å². The van der Waals surface area contributed by atoms with E-state index in [1.807, 2.05) is 6.07 Å². The molecule has 0 heterocycles. The first-order chi connectivity index (χ1) is 11.8. The summed E-state index contributed by atoms with van der Waals surface area (Å²) < 4.78 is 48.4. The largest absolute Gasteiger partial charge is 0.406 e. The van der Waals surface area contributed by atoms with Gasteiger partial charge in [0.05, 0.1) is 26.4 Å². The van der Waals surface area contributed by atoms with Crippen molar-refractivity contribution in [1.82, 2.24) is 5.09 Å². The predicted octanol–water partition coefficient (Wildman–Crippen LogP) is 4.90. The molecule has 0 aromatic heterocycles. The summed E-state index contributed by atoms with van der Waals surface area (Å²) in [6, 6.07) is 8.95. The van der Waals surface area contributed by atoms with Gasteiger partial charge in [0.2, 0.25) is 0 Å². The summed E-state index contributed by atoms with van der Waals surface area (Å²) in [7, 11) is -7.48. The van der Waals surface area contributed by atoms with Gasteiger partial charge in [-0.3, -0.25) is 13.6 Å². The second kappa shape index (κ2) is 9.98. The summed E-state index contributed by atoms with van der Waals surface area (Å²) in [6.07, 6.45) is 0. The number of benzene rings is 1. The fraction of sp³-hybridized carbons (Fsp3) is 0.625. The zero-order valence-electron chi connectivity index (χ0n) is 15.6. The normalized spacial score (nSPS) is 15.1. The highest BCUT2D eigenvalue weighted by atomic mass is 31.2. The molecule has 0 spiro atoms. The Labute approximate surface area is 150 Å². The summed E-state index contributed by atoms with van der Waals surface area (Å²) in [5.41, 5.74) is 0.597. The average molecular weight is 393 g/mol. The van der Waals surface area contributed by atoms with Crippen LogP contribution >= 0.6 is 15.3 Å². The molecule has 1 aromatic rings. The van der Waals surface area contributed by atoms with Crippen LogP contribution in [-0.4, -0.2) is 26.4 Å². The van der Waals surface area contributed by atoms with Crippen LogP contribution in [0.2, 0.25) is 0 Å². The Morgan fingerprint density at radius 1 is 0.840 bits per heavy atom. The SMILES string of the molecule is CCOP(=O)(N[C@@](C)(c1ccccc1)P(=O)(OCC)OCC)OCC. The summed E-state index contributed by atoms with van der Waals surface area (Å²) in [6.45, 7) is 9.17. The Bertz CT molecular complexity index is 592. The van der Waals surface area contributed by atoms with Crippen LogP contribution in [0.1, 0.15) is 40.2 Å². The Morgan fingerprint density at radius 3 is 1.68 bits per heavy atom. The fourth-order valence-electron chi connectivity index (χ4n) is 2.39. The topological polar surface area (TPSA) is 83.1 Å². The number of hydrogen-bond acceptors (Lipinski definition) is 6. The molecule has 0 saturated carbocycles. The highest BCUT2D eigenvalue weighted by Gasteiger charge is 2.52. The summed E-state index contributed by atoms with van der Waals surface area (Å²) in [4.78, 5) is 0. The van der Waals surface area contributed by atoms with Gasteiger partial charge in [0, 0.05) is 0 Å². The highest BCUT2D eigenvalue weighted by Crippen LogP contribution is 2.66. The van der Waals surface area contributed by atoms with Crippen LogP contribution < -0.4 is 5.09 Å². The van der Waals surface area contributed by atoms with Gasteiger partial charge < -0.3 is 9.05 Å². The average Bonchev–Trinajstić information content (AvgIpc) is 2.56. The first kappa shape index (κ1) is 22.5. The van der Waals surface area contributed by atoms with E-state index in [0.717, 1.165) is 0 Å². The van der Waals surface area contributed by atoms with Gasteiger partial charge in [-0.25, -0.2) is 9.65 Å². The van der Waals surface area contributed by atoms with E-state index in [9.17, 15) is 9.13 Å². The first-order valence-corrected chi connectivity index (χ1v) is 11.5. The van der Waals surface area contributed by atoms with E-state index < -0.39 is 20.6 Å². The van der Waals surface area contributed by atoms with Gasteiger partial charge in [0.15, 0.2) is 5.28 Å². The maximum atomic E-state index is 13.6. The molecular formula is C16H29NO6P2. The minimum atomic E-state index is -3.75. The summed E-state index contributed by atoms with van der Waals surface area (Å²) in [5, 5.41) is 1.42. The molecule has 0 radical (unpaired) electrons. The molecule has 0 bridgehead atoms.